The monoisotopic (exact) mass is 276 g/mol. The van der Waals surface area contributed by atoms with Crippen LogP contribution < -0.4 is 10.1 Å². The van der Waals surface area contributed by atoms with Gasteiger partial charge in [0, 0.05) is 35.1 Å². The van der Waals surface area contributed by atoms with Gasteiger partial charge in [-0.15, -0.1) is 0 Å². The first-order chi connectivity index (χ1) is 9.31. The summed E-state index contributed by atoms with van der Waals surface area (Å²) < 4.78 is 5.84. The van der Waals surface area contributed by atoms with Gasteiger partial charge in [0.05, 0.1) is 0 Å². The third-order valence-electron chi connectivity index (χ3n) is 2.74. The summed E-state index contributed by atoms with van der Waals surface area (Å²) in [7, 11) is 0. The maximum absolute atomic E-state index is 6.21. The highest BCUT2D eigenvalue weighted by atomic mass is 35.5. The van der Waals surface area contributed by atoms with Crippen molar-refractivity contribution in [2.75, 3.05) is 6.54 Å². The molecular formula is C15H17ClN2O. The predicted molar refractivity (Wildman–Crippen MR) is 77.4 cm³/mol. The number of halogens is 1. The van der Waals surface area contributed by atoms with E-state index in [0.29, 0.717) is 13.2 Å². The molecule has 0 aliphatic rings. The lowest BCUT2D eigenvalue weighted by Crippen LogP contribution is -2.13. The average molecular weight is 277 g/mol. The van der Waals surface area contributed by atoms with Gasteiger partial charge in [-0.3, -0.25) is 4.98 Å². The third-order valence-corrected chi connectivity index (χ3v) is 3.10. The van der Waals surface area contributed by atoms with E-state index in [1.54, 1.807) is 12.4 Å². The van der Waals surface area contributed by atoms with Gasteiger partial charge in [-0.1, -0.05) is 30.7 Å². The molecule has 100 valence electrons. The minimum Gasteiger partial charge on any atom is -0.488 e. The zero-order chi connectivity index (χ0) is 13.5. The molecule has 1 N–H and O–H groups in total. The maximum Gasteiger partial charge on any atom is 0.125 e. The van der Waals surface area contributed by atoms with Crippen LogP contribution in [0.4, 0.5) is 0 Å². The van der Waals surface area contributed by atoms with Gasteiger partial charge in [-0.2, -0.15) is 0 Å². The first kappa shape index (κ1) is 13.8. The normalized spacial score (nSPS) is 10.4. The van der Waals surface area contributed by atoms with Crippen molar-refractivity contribution in [2.24, 2.45) is 0 Å². The standard InChI is InChI=1S/C15H17ClN2O/c1-2-17-10-13-14(16)6-3-7-15(13)19-11-12-5-4-8-18-9-12/h3-9,17H,2,10-11H2,1H3. The van der Waals surface area contributed by atoms with Crippen LogP contribution in [0.15, 0.2) is 42.7 Å². The van der Waals surface area contributed by atoms with Crippen LogP contribution in [0.25, 0.3) is 0 Å². The zero-order valence-corrected chi connectivity index (χ0v) is 11.7. The number of hydrogen-bond acceptors (Lipinski definition) is 3. The molecule has 0 radical (unpaired) electrons. The van der Waals surface area contributed by atoms with Gasteiger partial charge < -0.3 is 10.1 Å². The second-order valence-electron chi connectivity index (χ2n) is 4.15. The number of benzene rings is 1. The molecule has 3 nitrogen and oxygen atoms in total. The fourth-order valence-electron chi connectivity index (χ4n) is 1.74. The molecule has 0 atom stereocenters. The van der Waals surface area contributed by atoms with Crippen LogP contribution in [0, 0.1) is 0 Å². The van der Waals surface area contributed by atoms with E-state index in [0.717, 1.165) is 28.4 Å². The summed E-state index contributed by atoms with van der Waals surface area (Å²) >= 11 is 6.21. The van der Waals surface area contributed by atoms with Crippen molar-refractivity contribution in [3.05, 3.63) is 58.9 Å². The SMILES string of the molecule is CCNCc1c(Cl)cccc1OCc1cccnc1. The zero-order valence-electron chi connectivity index (χ0n) is 10.9. The van der Waals surface area contributed by atoms with Gasteiger partial charge in [0.25, 0.3) is 0 Å². The number of aromatic nitrogens is 1. The van der Waals surface area contributed by atoms with Gasteiger partial charge >= 0.3 is 0 Å². The minimum absolute atomic E-state index is 0.493. The largest absolute Gasteiger partial charge is 0.488 e. The summed E-state index contributed by atoms with van der Waals surface area (Å²) in [5.41, 5.74) is 2.03. The number of ether oxygens (including phenoxy) is 1. The van der Waals surface area contributed by atoms with Crippen molar-refractivity contribution in [3.63, 3.8) is 0 Å². The Bertz CT molecular complexity index is 517. The van der Waals surface area contributed by atoms with Crippen LogP contribution in [-0.4, -0.2) is 11.5 Å². The van der Waals surface area contributed by atoms with E-state index >= 15 is 0 Å². The molecule has 0 bridgehead atoms. The van der Waals surface area contributed by atoms with Gasteiger partial charge in [0.15, 0.2) is 0 Å². The summed E-state index contributed by atoms with van der Waals surface area (Å²) in [4.78, 5) is 4.07. The molecule has 0 aliphatic carbocycles. The van der Waals surface area contributed by atoms with Gasteiger partial charge in [0.2, 0.25) is 0 Å². The van der Waals surface area contributed by atoms with Gasteiger partial charge in [-0.25, -0.2) is 0 Å². The van der Waals surface area contributed by atoms with E-state index in [9.17, 15) is 0 Å². The Morgan fingerprint density at radius 1 is 1.26 bits per heavy atom. The van der Waals surface area contributed by atoms with Gasteiger partial charge in [0.1, 0.15) is 12.4 Å². The smallest absolute Gasteiger partial charge is 0.125 e. The molecule has 2 rings (SSSR count). The number of hydrogen-bond donors (Lipinski definition) is 1. The summed E-state index contributed by atoms with van der Waals surface area (Å²) in [6.07, 6.45) is 3.55. The minimum atomic E-state index is 0.493. The molecule has 2 aromatic rings. The lowest BCUT2D eigenvalue weighted by molar-refractivity contribution is 0.302. The molecular weight excluding hydrogens is 260 g/mol. The lowest BCUT2D eigenvalue weighted by atomic mass is 10.2. The molecule has 0 spiro atoms. The van der Waals surface area contributed by atoms with Crippen LogP contribution in [-0.2, 0) is 13.2 Å². The molecule has 0 saturated carbocycles. The Hall–Kier alpha value is -1.58. The van der Waals surface area contributed by atoms with E-state index in [1.807, 2.05) is 30.3 Å². The van der Waals surface area contributed by atoms with E-state index in [2.05, 4.69) is 17.2 Å². The van der Waals surface area contributed by atoms with Crippen molar-refractivity contribution in [1.82, 2.24) is 10.3 Å². The van der Waals surface area contributed by atoms with Crippen LogP contribution >= 0.6 is 11.6 Å². The van der Waals surface area contributed by atoms with E-state index < -0.39 is 0 Å². The summed E-state index contributed by atoms with van der Waals surface area (Å²) in [5.74, 6) is 0.817. The van der Waals surface area contributed by atoms with E-state index in [1.165, 1.54) is 0 Å². The first-order valence-electron chi connectivity index (χ1n) is 6.31. The van der Waals surface area contributed by atoms with E-state index in [4.69, 9.17) is 16.3 Å². The first-order valence-corrected chi connectivity index (χ1v) is 6.69. The number of nitrogens with zero attached hydrogens (tertiary/aromatic N) is 1. The summed E-state index contributed by atoms with van der Waals surface area (Å²) in [6.45, 7) is 4.16. The fourth-order valence-corrected chi connectivity index (χ4v) is 1.97. The topological polar surface area (TPSA) is 34.1 Å². The highest BCUT2D eigenvalue weighted by molar-refractivity contribution is 6.31. The van der Waals surface area contributed by atoms with Crippen molar-refractivity contribution in [1.29, 1.82) is 0 Å². The molecule has 0 aliphatic heterocycles. The van der Waals surface area contributed by atoms with Crippen molar-refractivity contribution >= 4 is 11.6 Å². The Balaban J connectivity index is 2.09. The summed E-state index contributed by atoms with van der Waals surface area (Å²) in [5, 5.41) is 3.99. The molecule has 0 saturated heterocycles. The molecule has 1 aromatic heterocycles. The highest BCUT2D eigenvalue weighted by Crippen LogP contribution is 2.26. The molecule has 4 heteroatoms. The Labute approximate surface area is 118 Å². The number of rotatable bonds is 6. The highest BCUT2D eigenvalue weighted by Gasteiger charge is 2.07. The van der Waals surface area contributed by atoms with Crippen LogP contribution in [0.3, 0.4) is 0 Å². The Kier molecular flexibility index (Phi) is 5.19. The van der Waals surface area contributed by atoms with Gasteiger partial charge in [-0.05, 0) is 24.7 Å². The fraction of sp³-hybridized carbons (Fsp3) is 0.267. The van der Waals surface area contributed by atoms with Crippen LogP contribution in [0.1, 0.15) is 18.1 Å². The molecule has 19 heavy (non-hydrogen) atoms. The quantitative estimate of drug-likeness (QED) is 0.878. The van der Waals surface area contributed by atoms with Crippen molar-refractivity contribution < 1.29 is 4.74 Å². The Morgan fingerprint density at radius 2 is 2.16 bits per heavy atom. The second kappa shape index (κ2) is 7.12. The lowest BCUT2D eigenvalue weighted by Gasteiger charge is -2.13. The number of pyridine rings is 1. The second-order valence-corrected chi connectivity index (χ2v) is 4.55. The third kappa shape index (κ3) is 3.94. The van der Waals surface area contributed by atoms with Crippen molar-refractivity contribution in [3.8, 4) is 5.75 Å². The maximum atomic E-state index is 6.21. The van der Waals surface area contributed by atoms with Crippen LogP contribution in [0.5, 0.6) is 5.75 Å². The average Bonchev–Trinajstić information content (AvgIpc) is 2.45. The molecule has 1 heterocycles. The summed E-state index contributed by atoms with van der Waals surface area (Å²) in [6, 6.07) is 9.61. The molecule has 1 aromatic carbocycles. The number of nitrogens with one attached hydrogen (secondary N) is 1. The molecule has 0 unspecified atom stereocenters. The predicted octanol–water partition coefficient (Wildman–Crippen LogP) is 3.42. The van der Waals surface area contributed by atoms with E-state index in [-0.39, 0.29) is 0 Å². The van der Waals surface area contributed by atoms with Crippen molar-refractivity contribution in [2.45, 2.75) is 20.1 Å². The molecule has 0 fully saturated rings. The molecule has 0 amide bonds. The van der Waals surface area contributed by atoms with Crippen LogP contribution in [0.2, 0.25) is 5.02 Å². The Morgan fingerprint density at radius 3 is 2.89 bits per heavy atom.